The van der Waals surface area contributed by atoms with Gasteiger partial charge in [0.05, 0.1) is 17.7 Å². The smallest absolute Gasteiger partial charge is 0.264 e. The maximum atomic E-state index is 13.9. The van der Waals surface area contributed by atoms with E-state index in [1.54, 1.807) is 43.3 Å². The van der Waals surface area contributed by atoms with E-state index in [1.165, 1.54) is 48.4 Å². The molecule has 0 unspecified atom stereocenters. The standard InChI is InChI=1S/C29H33Cl2N3O5S/c1-5-20(2)32-29(36)21(3)33(18-22-7-6-8-24(31)17-22)28(35)19-34(25-11-9-23(30)10-12-25)40(37,38)27-15-13-26(39-4)14-16-27/h6-17,20-21H,5,18-19H2,1-4H3,(H,32,36)/t20-,21+/m1/s1. The molecule has 0 heterocycles. The van der Waals surface area contributed by atoms with Crippen molar-refractivity contribution in [2.75, 3.05) is 18.0 Å². The SMILES string of the molecule is CC[C@@H](C)NC(=O)[C@H](C)N(Cc1cccc(Cl)c1)C(=O)CN(c1ccc(Cl)cc1)S(=O)(=O)c1ccc(OC)cc1. The lowest BCUT2D eigenvalue weighted by Crippen LogP contribution is -2.52. The average molecular weight is 607 g/mol. The molecule has 3 aromatic rings. The minimum atomic E-state index is -4.20. The number of carbonyl (C=O) groups is 2. The van der Waals surface area contributed by atoms with Gasteiger partial charge in [-0.3, -0.25) is 13.9 Å². The van der Waals surface area contributed by atoms with Gasteiger partial charge in [0.25, 0.3) is 10.0 Å². The largest absolute Gasteiger partial charge is 0.497 e. The Balaban J connectivity index is 2.02. The third-order valence-electron chi connectivity index (χ3n) is 6.45. The van der Waals surface area contributed by atoms with Crippen molar-refractivity contribution in [3.63, 3.8) is 0 Å². The van der Waals surface area contributed by atoms with E-state index in [0.717, 1.165) is 4.31 Å². The van der Waals surface area contributed by atoms with Crippen LogP contribution in [0.4, 0.5) is 5.69 Å². The second-order valence-corrected chi connectivity index (χ2v) is 12.0. The van der Waals surface area contributed by atoms with Crippen LogP contribution in [0.1, 0.15) is 32.8 Å². The van der Waals surface area contributed by atoms with E-state index in [2.05, 4.69) is 5.32 Å². The number of anilines is 1. The van der Waals surface area contributed by atoms with Crippen LogP contribution in [-0.4, -0.2) is 50.9 Å². The van der Waals surface area contributed by atoms with Gasteiger partial charge in [0.2, 0.25) is 11.8 Å². The highest BCUT2D eigenvalue weighted by molar-refractivity contribution is 7.92. The normalized spacial score (nSPS) is 12.8. The number of carbonyl (C=O) groups excluding carboxylic acids is 2. The summed E-state index contributed by atoms with van der Waals surface area (Å²) >= 11 is 12.2. The Hall–Kier alpha value is -3.27. The van der Waals surface area contributed by atoms with Crippen molar-refractivity contribution in [1.82, 2.24) is 10.2 Å². The molecule has 11 heteroatoms. The lowest BCUT2D eigenvalue weighted by Gasteiger charge is -2.32. The molecule has 0 aliphatic rings. The van der Waals surface area contributed by atoms with Crippen molar-refractivity contribution < 1.29 is 22.7 Å². The number of hydrogen-bond donors (Lipinski definition) is 1. The predicted molar refractivity (Wildman–Crippen MR) is 158 cm³/mol. The minimum absolute atomic E-state index is 0.0278. The summed E-state index contributed by atoms with van der Waals surface area (Å²) in [5.74, 6) is -0.429. The summed E-state index contributed by atoms with van der Waals surface area (Å²) in [6.45, 7) is 4.92. The van der Waals surface area contributed by atoms with Gasteiger partial charge in [-0.25, -0.2) is 8.42 Å². The molecular weight excluding hydrogens is 573 g/mol. The highest BCUT2D eigenvalue weighted by Crippen LogP contribution is 2.27. The number of ether oxygens (including phenoxy) is 1. The summed E-state index contributed by atoms with van der Waals surface area (Å²) in [6.07, 6.45) is 0.713. The van der Waals surface area contributed by atoms with E-state index in [9.17, 15) is 18.0 Å². The maximum Gasteiger partial charge on any atom is 0.264 e. The van der Waals surface area contributed by atoms with Crippen LogP contribution in [0.2, 0.25) is 10.0 Å². The first-order chi connectivity index (χ1) is 19.0. The number of sulfonamides is 1. The molecule has 0 aliphatic carbocycles. The summed E-state index contributed by atoms with van der Waals surface area (Å²) < 4.78 is 33.9. The van der Waals surface area contributed by atoms with E-state index in [-0.39, 0.29) is 29.1 Å². The fraction of sp³-hybridized carbons (Fsp3) is 0.310. The Kier molecular flexibility index (Phi) is 10.8. The number of methoxy groups -OCH3 is 1. The van der Waals surface area contributed by atoms with E-state index in [1.807, 2.05) is 13.8 Å². The third-order valence-corrected chi connectivity index (χ3v) is 8.73. The number of nitrogens with zero attached hydrogens (tertiary/aromatic N) is 2. The molecule has 1 N–H and O–H groups in total. The molecule has 3 aromatic carbocycles. The Morgan fingerprint density at radius 2 is 1.60 bits per heavy atom. The molecule has 0 bridgehead atoms. The number of halogens is 2. The molecule has 0 saturated carbocycles. The van der Waals surface area contributed by atoms with Crippen LogP contribution in [0.15, 0.2) is 77.7 Å². The van der Waals surface area contributed by atoms with Gasteiger partial charge < -0.3 is 15.0 Å². The van der Waals surface area contributed by atoms with E-state index in [0.29, 0.717) is 27.8 Å². The van der Waals surface area contributed by atoms with Crippen LogP contribution in [-0.2, 0) is 26.2 Å². The summed E-state index contributed by atoms with van der Waals surface area (Å²) in [5, 5.41) is 3.79. The molecule has 0 saturated heterocycles. The lowest BCUT2D eigenvalue weighted by atomic mass is 10.1. The fourth-order valence-electron chi connectivity index (χ4n) is 3.89. The van der Waals surface area contributed by atoms with Gasteiger partial charge in [-0.15, -0.1) is 0 Å². The first kappa shape index (κ1) is 31.3. The molecule has 2 atom stereocenters. The number of amides is 2. The molecular formula is C29H33Cl2N3O5S. The van der Waals surface area contributed by atoms with Crippen molar-refractivity contribution in [2.24, 2.45) is 0 Å². The zero-order valence-corrected chi connectivity index (χ0v) is 25.1. The summed E-state index contributed by atoms with van der Waals surface area (Å²) in [6, 6.07) is 18.0. The van der Waals surface area contributed by atoms with Gasteiger partial charge in [0.1, 0.15) is 18.3 Å². The van der Waals surface area contributed by atoms with Gasteiger partial charge in [-0.2, -0.15) is 0 Å². The van der Waals surface area contributed by atoms with Crippen molar-refractivity contribution in [3.05, 3.63) is 88.4 Å². The quantitative estimate of drug-likeness (QED) is 0.293. The average Bonchev–Trinajstić information content (AvgIpc) is 2.94. The number of hydrogen-bond acceptors (Lipinski definition) is 5. The van der Waals surface area contributed by atoms with Crippen molar-refractivity contribution in [3.8, 4) is 5.75 Å². The second-order valence-electron chi connectivity index (χ2n) is 9.31. The fourth-order valence-corrected chi connectivity index (χ4v) is 5.64. The van der Waals surface area contributed by atoms with Gasteiger partial charge in [0, 0.05) is 22.6 Å². The molecule has 2 amide bonds. The van der Waals surface area contributed by atoms with E-state index >= 15 is 0 Å². The van der Waals surface area contributed by atoms with Crippen molar-refractivity contribution >= 4 is 50.7 Å². The van der Waals surface area contributed by atoms with Crippen molar-refractivity contribution in [1.29, 1.82) is 0 Å². The Morgan fingerprint density at radius 3 is 2.17 bits per heavy atom. The first-order valence-electron chi connectivity index (χ1n) is 12.7. The second kappa shape index (κ2) is 13.9. The molecule has 40 heavy (non-hydrogen) atoms. The van der Waals surface area contributed by atoms with Gasteiger partial charge in [-0.05, 0) is 86.5 Å². The van der Waals surface area contributed by atoms with E-state index in [4.69, 9.17) is 27.9 Å². The molecule has 3 rings (SSSR count). The Labute approximate surface area is 245 Å². The topological polar surface area (TPSA) is 96.0 Å². The number of benzene rings is 3. The minimum Gasteiger partial charge on any atom is -0.497 e. The monoisotopic (exact) mass is 605 g/mol. The molecule has 0 fully saturated rings. The van der Waals surface area contributed by atoms with Crippen molar-refractivity contribution in [2.45, 2.75) is 50.7 Å². The molecule has 0 radical (unpaired) electrons. The summed E-state index contributed by atoms with van der Waals surface area (Å²) in [5.41, 5.74) is 0.938. The summed E-state index contributed by atoms with van der Waals surface area (Å²) in [7, 11) is -2.72. The zero-order chi connectivity index (χ0) is 29.4. The van der Waals surface area contributed by atoms with Crippen LogP contribution >= 0.6 is 23.2 Å². The van der Waals surface area contributed by atoms with Crippen LogP contribution in [0.25, 0.3) is 0 Å². The first-order valence-corrected chi connectivity index (χ1v) is 14.9. The maximum absolute atomic E-state index is 13.9. The van der Waals surface area contributed by atoms with Crippen LogP contribution < -0.4 is 14.4 Å². The molecule has 8 nitrogen and oxygen atoms in total. The van der Waals surface area contributed by atoms with Crippen LogP contribution in [0.5, 0.6) is 5.75 Å². The van der Waals surface area contributed by atoms with Gasteiger partial charge >= 0.3 is 0 Å². The Bertz CT molecular complexity index is 1420. The lowest BCUT2D eigenvalue weighted by molar-refractivity contribution is -0.139. The van der Waals surface area contributed by atoms with Gasteiger partial charge in [-0.1, -0.05) is 42.3 Å². The summed E-state index contributed by atoms with van der Waals surface area (Å²) in [4.78, 5) is 28.4. The predicted octanol–water partition coefficient (Wildman–Crippen LogP) is 5.53. The van der Waals surface area contributed by atoms with Crippen LogP contribution in [0, 0.1) is 0 Å². The molecule has 0 aliphatic heterocycles. The molecule has 0 spiro atoms. The van der Waals surface area contributed by atoms with Crippen LogP contribution in [0.3, 0.4) is 0 Å². The highest BCUT2D eigenvalue weighted by atomic mass is 35.5. The molecule has 0 aromatic heterocycles. The zero-order valence-electron chi connectivity index (χ0n) is 22.8. The van der Waals surface area contributed by atoms with E-state index < -0.39 is 28.5 Å². The van der Waals surface area contributed by atoms with Gasteiger partial charge in [0.15, 0.2) is 0 Å². The third kappa shape index (κ3) is 7.90. The highest BCUT2D eigenvalue weighted by Gasteiger charge is 2.32. The number of nitrogens with one attached hydrogen (secondary N) is 1. The Morgan fingerprint density at radius 1 is 0.950 bits per heavy atom. The molecule has 214 valence electrons. The number of rotatable bonds is 12.